The van der Waals surface area contributed by atoms with Crippen molar-refractivity contribution in [2.24, 2.45) is 5.73 Å². The largest absolute Gasteiger partial charge is 0.351 e. The van der Waals surface area contributed by atoms with Gasteiger partial charge in [-0.15, -0.1) is 0 Å². The average Bonchev–Trinajstić information content (AvgIpc) is 2.20. The Bertz CT molecular complexity index is 183. The van der Waals surface area contributed by atoms with Crippen LogP contribution in [0.1, 0.15) is 27.7 Å². The van der Waals surface area contributed by atoms with E-state index in [0.717, 1.165) is 0 Å². The summed E-state index contributed by atoms with van der Waals surface area (Å²) in [6, 6.07) is -0.426. The van der Waals surface area contributed by atoms with E-state index in [9.17, 15) is 9.59 Å². The van der Waals surface area contributed by atoms with Crippen LogP contribution in [0.5, 0.6) is 0 Å². The third-order valence-corrected chi connectivity index (χ3v) is 1.75. The molecule has 0 bridgehead atoms. The van der Waals surface area contributed by atoms with Crippen LogP contribution in [0.2, 0.25) is 0 Å². The third-order valence-electron chi connectivity index (χ3n) is 1.75. The van der Waals surface area contributed by atoms with Crippen molar-refractivity contribution in [1.29, 1.82) is 0 Å². The molecule has 0 spiro atoms. The smallest absolute Gasteiger partial charge is 0.314 e. The van der Waals surface area contributed by atoms with Crippen molar-refractivity contribution in [2.75, 3.05) is 26.2 Å². The molecule has 96 valence electrons. The molecule has 16 heavy (non-hydrogen) atoms. The number of primary amides is 1. The highest BCUT2D eigenvalue weighted by molar-refractivity contribution is 5.73. The van der Waals surface area contributed by atoms with Gasteiger partial charge in [-0.2, -0.15) is 0 Å². The number of hydrogen-bond acceptors (Lipinski definition) is 2. The van der Waals surface area contributed by atoms with Crippen molar-refractivity contribution in [3.63, 3.8) is 0 Å². The van der Waals surface area contributed by atoms with Crippen LogP contribution in [0.25, 0.3) is 0 Å². The number of carbonyl (C=O) groups excluding carboxylic acids is 2. The minimum absolute atomic E-state index is 0.0880. The fraction of sp³-hybridized carbons (Fsp3) is 0.800. The summed E-state index contributed by atoms with van der Waals surface area (Å²) in [5.74, 6) is 0. The van der Waals surface area contributed by atoms with Gasteiger partial charge in [0.25, 0.3) is 0 Å². The van der Waals surface area contributed by atoms with Gasteiger partial charge < -0.3 is 21.3 Å². The summed E-state index contributed by atoms with van der Waals surface area (Å²) in [4.78, 5) is 22.3. The van der Waals surface area contributed by atoms with Crippen molar-refractivity contribution >= 4 is 12.1 Å². The van der Waals surface area contributed by atoms with Crippen molar-refractivity contribution in [2.45, 2.75) is 27.7 Å². The first kappa shape index (κ1) is 17.0. The van der Waals surface area contributed by atoms with E-state index in [1.54, 1.807) is 4.90 Å². The minimum Gasteiger partial charge on any atom is -0.351 e. The van der Waals surface area contributed by atoms with Crippen LogP contribution in [0.4, 0.5) is 9.59 Å². The van der Waals surface area contributed by atoms with Crippen LogP contribution in [-0.2, 0) is 0 Å². The standard InChI is InChI=1S/2C5H12N2O/c1-3-7(4-2)5(6)8;1-3-6-5(8)7-4-2/h3-4H2,1-2H3,(H2,6,8);3-4H2,1-2H3,(H2,6,7,8). The molecule has 0 radical (unpaired) electrons. The van der Waals surface area contributed by atoms with E-state index < -0.39 is 0 Å². The molecule has 4 N–H and O–H groups in total. The van der Waals surface area contributed by atoms with Crippen LogP contribution in [0.3, 0.4) is 0 Å². The van der Waals surface area contributed by atoms with Crippen LogP contribution in [0, 0.1) is 0 Å². The predicted molar refractivity (Wildman–Crippen MR) is 65.3 cm³/mol. The lowest BCUT2D eigenvalue weighted by molar-refractivity contribution is 0.213. The molecule has 0 aromatic rings. The highest BCUT2D eigenvalue weighted by Gasteiger charge is 2.00. The molecule has 0 aliphatic carbocycles. The zero-order chi connectivity index (χ0) is 13.0. The maximum absolute atomic E-state index is 10.4. The van der Waals surface area contributed by atoms with Gasteiger partial charge in [-0.05, 0) is 27.7 Å². The number of nitrogens with one attached hydrogen (secondary N) is 2. The summed E-state index contributed by atoms with van der Waals surface area (Å²) in [5.41, 5.74) is 4.94. The highest BCUT2D eigenvalue weighted by atomic mass is 16.2. The SMILES string of the molecule is CCN(CC)C(N)=O.CCNC(=O)NCC. The zero-order valence-corrected chi connectivity index (χ0v) is 10.7. The quantitative estimate of drug-likeness (QED) is 0.667. The molecule has 0 fully saturated rings. The molecule has 6 heteroatoms. The van der Waals surface area contributed by atoms with Gasteiger partial charge in [0.05, 0.1) is 0 Å². The lowest BCUT2D eigenvalue weighted by Crippen LogP contribution is -2.35. The van der Waals surface area contributed by atoms with Gasteiger partial charge in [0.1, 0.15) is 0 Å². The average molecular weight is 232 g/mol. The maximum Gasteiger partial charge on any atom is 0.314 e. The van der Waals surface area contributed by atoms with E-state index in [-0.39, 0.29) is 12.1 Å². The number of nitrogens with two attached hydrogens (primary N) is 1. The molecular formula is C10H24N4O2. The van der Waals surface area contributed by atoms with Crippen molar-refractivity contribution in [3.8, 4) is 0 Å². The monoisotopic (exact) mass is 232 g/mol. The van der Waals surface area contributed by atoms with E-state index >= 15 is 0 Å². The molecule has 0 aromatic carbocycles. The second-order valence-electron chi connectivity index (χ2n) is 2.90. The Kier molecular flexibility index (Phi) is 12.3. The topological polar surface area (TPSA) is 87.5 Å². The van der Waals surface area contributed by atoms with Gasteiger partial charge in [0.2, 0.25) is 0 Å². The van der Waals surface area contributed by atoms with Gasteiger partial charge in [-0.25, -0.2) is 9.59 Å². The van der Waals surface area contributed by atoms with E-state index in [1.165, 1.54) is 0 Å². The molecule has 0 atom stereocenters. The van der Waals surface area contributed by atoms with E-state index in [0.29, 0.717) is 26.2 Å². The molecule has 0 aliphatic heterocycles. The first-order chi connectivity index (χ1) is 7.53. The molecule has 0 saturated carbocycles. The minimum atomic E-state index is -0.338. The summed E-state index contributed by atoms with van der Waals surface area (Å²) >= 11 is 0. The first-order valence-corrected chi connectivity index (χ1v) is 5.59. The molecule has 0 unspecified atom stereocenters. The molecule has 0 rings (SSSR count). The number of carbonyl (C=O) groups is 2. The fourth-order valence-corrected chi connectivity index (χ4v) is 0.919. The second-order valence-corrected chi connectivity index (χ2v) is 2.90. The Hall–Kier alpha value is -1.46. The zero-order valence-electron chi connectivity index (χ0n) is 10.7. The van der Waals surface area contributed by atoms with Gasteiger partial charge >= 0.3 is 12.1 Å². The maximum atomic E-state index is 10.4. The van der Waals surface area contributed by atoms with Gasteiger partial charge in [0.15, 0.2) is 0 Å². The molecule has 0 aliphatic rings. The number of hydrogen-bond donors (Lipinski definition) is 3. The molecule has 0 saturated heterocycles. The van der Waals surface area contributed by atoms with Crippen LogP contribution in [0.15, 0.2) is 0 Å². The Morgan fingerprint density at radius 1 is 1.00 bits per heavy atom. The van der Waals surface area contributed by atoms with Crippen LogP contribution in [-0.4, -0.2) is 43.1 Å². The van der Waals surface area contributed by atoms with Crippen molar-refractivity contribution in [1.82, 2.24) is 15.5 Å². The molecular weight excluding hydrogens is 208 g/mol. The summed E-state index contributed by atoms with van der Waals surface area (Å²) in [6.07, 6.45) is 0. The number of rotatable bonds is 4. The van der Waals surface area contributed by atoms with E-state index in [2.05, 4.69) is 10.6 Å². The summed E-state index contributed by atoms with van der Waals surface area (Å²) < 4.78 is 0. The number of amides is 4. The van der Waals surface area contributed by atoms with Crippen LogP contribution >= 0.6 is 0 Å². The lowest BCUT2D eigenvalue weighted by Gasteiger charge is -2.13. The van der Waals surface area contributed by atoms with E-state index in [4.69, 9.17) is 5.73 Å². The van der Waals surface area contributed by atoms with Crippen LogP contribution < -0.4 is 16.4 Å². The predicted octanol–water partition coefficient (Wildman–Crippen LogP) is 0.732. The Morgan fingerprint density at radius 3 is 1.50 bits per heavy atom. The third kappa shape index (κ3) is 10.6. The highest BCUT2D eigenvalue weighted by Crippen LogP contribution is 1.82. The van der Waals surface area contributed by atoms with Crippen molar-refractivity contribution in [3.05, 3.63) is 0 Å². The second kappa shape index (κ2) is 11.6. The van der Waals surface area contributed by atoms with Gasteiger partial charge in [0, 0.05) is 26.2 Å². The first-order valence-electron chi connectivity index (χ1n) is 5.59. The normalized spacial score (nSPS) is 8.50. The molecule has 4 amide bonds. The summed E-state index contributed by atoms with van der Waals surface area (Å²) in [5, 5.41) is 5.19. The fourth-order valence-electron chi connectivity index (χ4n) is 0.919. The Labute approximate surface area is 97.6 Å². The molecule has 6 nitrogen and oxygen atoms in total. The number of urea groups is 2. The lowest BCUT2D eigenvalue weighted by atomic mass is 10.5. The molecule has 0 heterocycles. The Balaban J connectivity index is 0. The van der Waals surface area contributed by atoms with Gasteiger partial charge in [-0.3, -0.25) is 0 Å². The summed E-state index contributed by atoms with van der Waals surface area (Å²) in [6.45, 7) is 10.3. The van der Waals surface area contributed by atoms with E-state index in [1.807, 2.05) is 27.7 Å². The molecule has 0 aromatic heterocycles. The Morgan fingerprint density at radius 2 is 1.38 bits per heavy atom. The number of nitrogens with zero attached hydrogens (tertiary/aromatic N) is 1. The van der Waals surface area contributed by atoms with Gasteiger partial charge in [-0.1, -0.05) is 0 Å². The summed E-state index contributed by atoms with van der Waals surface area (Å²) in [7, 11) is 0. The van der Waals surface area contributed by atoms with Crippen molar-refractivity contribution < 1.29 is 9.59 Å².